The summed E-state index contributed by atoms with van der Waals surface area (Å²) in [5.74, 6) is -0.0872. The minimum atomic E-state index is -3.49. The maximum absolute atomic E-state index is 13.0. The SMILES string of the molecule is CCNS(=O)(=O)c1ccc(C=CC(=O)N2Cc3ccccc3-c3ccccc3C2)cc1. The van der Waals surface area contributed by atoms with Gasteiger partial charge < -0.3 is 4.90 Å². The van der Waals surface area contributed by atoms with Gasteiger partial charge >= 0.3 is 0 Å². The van der Waals surface area contributed by atoms with E-state index in [1.165, 1.54) is 0 Å². The molecule has 0 aliphatic carbocycles. The molecule has 3 aromatic rings. The van der Waals surface area contributed by atoms with Crippen molar-refractivity contribution in [2.45, 2.75) is 24.9 Å². The van der Waals surface area contributed by atoms with Gasteiger partial charge in [0.25, 0.3) is 0 Å². The summed E-state index contributed by atoms with van der Waals surface area (Å²) in [7, 11) is -3.49. The monoisotopic (exact) mass is 432 g/mol. The van der Waals surface area contributed by atoms with Crippen LogP contribution in [-0.2, 0) is 27.9 Å². The van der Waals surface area contributed by atoms with Crippen LogP contribution in [0.25, 0.3) is 17.2 Å². The highest BCUT2D eigenvalue weighted by Gasteiger charge is 2.21. The molecule has 6 heteroatoms. The fraction of sp³-hybridized carbons (Fsp3) is 0.160. The molecule has 5 nitrogen and oxygen atoms in total. The third-order valence-electron chi connectivity index (χ3n) is 5.30. The largest absolute Gasteiger partial charge is 0.330 e. The lowest BCUT2D eigenvalue weighted by molar-refractivity contribution is -0.127. The van der Waals surface area contributed by atoms with Crippen molar-refractivity contribution in [1.29, 1.82) is 0 Å². The molecule has 0 bridgehead atoms. The number of hydrogen-bond donors (Lipinski definition) is 1. The Bertz CT molecular complexity index is 1180. The van der Waals surface area contributed by atoms with Crippen LogP contribution in [0.1, 0.15) is 23.6 Å². The summed E-state index contributed by atoms with van der Waals surface area (Å²) in [6, 6.07) is 22.8. The van der Waals surface area contributed by atoms with Gasteiger partial charge in [-0.1, -0.05) is 67.6 Å². The van der Waals surface area contributed by atoms with Crippen molar-refractivity contribution >= 4 is 22.0 Å². The number of benzene rings is 3. The first kappa shape index (κ1) is 21.0. The summed E-state index contributed by atoms with van der Waals surface area (Å²) >= 11 is 0. The van der Waals surface area contributed by atoms with Crippen molar-refractivity contribution in [3.05, 3.63) is 95.6 Å². The Morgan fingerprint density at radius 2 is 1.45 bits per heavy atom. The number of nitrogens with one attached hydrogen (secondary N) is 1. The molecule has 0 saturated carbocycles. The molecule has 31 heavy (non-hydrogen) atoms. The zero-order valence-electron chi connectivity index (χ0n) is 17.3. The van der Waals surface area contributed by atoms with Crippen LogP contribution in [-0.4, -0.2) is 25.8 Å². The molecule has 0 fully saturated rings. The van der Waals surface area contributed by atoms with Crippen LogP contribution >= 0.6 is 0 Å². The van der Waals surface area contributed by atoms with Gasteiger partial charge in [0, 0.05) is 25.7 Å². The molecule has 3 aromatic carbocycles. The summed E-state index contributed by atoms with van der Waals surface area (Å²) in [5.41, 5.74) is 5.32. The van der Waals surface area contributed by atoms with Gasteiger partial charge in [-0.3, -0.25) is 4.79 Å². The van der Waals surface area contributed by atoms with Gasteiger partial charge in [0.2, 0.25) is 15.9 Å². The molecule has 1 heterocycles. The van der Waals surface area contributed by atoms with E-state index >= 15 is 0 Å². The van der Waals surface area contributed by atoms with E-state index in [0.29, 0.717) is 19.6 Å². The summed E-state index contributed by atoms with van der Waals surface area (Å²) in [4.78, 5) is 15.0. The Morgan fingerprint density at radius 1 is 0.903 bits per heavy atom. The van der Waals surface area contributed by atoms with E-state index in [1.54, 1.807) is 43.3 Å². The third kappa shape index (κ3) is 4.60. The standard InChI is InChI=1S/C25H24N2O3S/c1-2-26-31(29,30)22-14-11-19(12-15-22)13-16-25(28)27-17-20-7-3-5-9-23(20)24-10-6-4-8-21(24)18-27/h3-16,26H,2,17-18H2,1H3. The molecule has 0 spiro atoms. The second-order valence-electron chi connectivity index (χ2n) is 7.41. The molecule has 1 amide bonds. The average Bonchev–Trinajstić information content (AvgIpc) is 2.95. The average molecular weight is 433 g/mol. The van der Waals surface area contributed by atoms with E-state index in [4.69, 9.17) is 0 Å². The Labute approximate surface area is 183 Å². The van der Waals surface area contributed by atoms with Gasteiger partial charge in [-0.25, -0.2) is 13.1 Å². The summed E-state index contributed by atoms with van der Waals surface area (Å²) in [6.45, 7) is 3.14. The molecule has 1 aliphatic heterocycles. The van der Waals surface area contributed by atoms with Crippen LogP contribution < -0.4 is 4.72 Å². The number of carbonyl (C=O) groups is 1. The lowest BCUT2D eigenvalue weighted by Crippen LogP contribution is -2.27. The quantitative estimate of drug-likeness (QED) is 0.614. The fourth-order valence-corrected chi connectivity index (χ4v) is 4.81. The van der Waals surface area contributed by atoms with Crippen LogP contribution in [0.3, 0.4) is 0 Å². The topological polar surface area (TPSA) is 66.5 Å². The second-order valence-corrected chi connectivity index (χ2v) is 9.18. The molecular formula is C25H24N2O3S. The van der Waals surface area contributed by atoms with Crippen molar-refractivity contribution in [3.63, 3.8) is 0 Å². The Hall–Kier alpha value is -3.22. The van der Waals surface area contributed by atoms with Gasteiger partial charge in [0.15, 0.2) is 0 Å². The Kier molecular flexibility index (Phi) is 6.02. The first-order valence-corrected chi connectivity index (χ1v) is 11.7. The van der Waals surface area contributed by atoms with Crippen molar-refractivity contribution in [3.8, 4) is 11.1 Å². The molecule has 0 atom stereocenters. The third-order valence-corrected chi connectivity index (χ3v) is 6.86. The lowest BCUT2D eigenvalue weighted by atomic mass is 9.97. The Morgan fingerprint density at radius 3 is 2.00 bits per heavy atom. The van der Waals surface area contributed by atoms with Gasteiger partial charge in [-0.15, -0.1) is 0 Å². The molecule has 0 unspecified atom stereocenters. The smallest absolute Gasteiger partial charge is 0.247 e. The van der Waals surface area contributed by atoms with E-state index in [9.17, 15) is 13.2 Å². The van der Waals surface area contributed by atoms with E-state index in [-0.39, 0.29) is 10.8 Å². The highest BCUT2D eigenvalue weighted by atomic mass is 32.2. The van der Waals surface area contributed by atoms with Crippen molar-refractivity contribution < 1.29 is 13.2 Å². The van der Waals surface area contributed by atoms with Crippen LogP contribution in [0.15, 0.2) is 83.8 Å². The van der Waals surface area contributed by atoms with E-state index in [1.807, 2.05) is 29.2 Å². The zero-order chi connectivity index (χ0) is 21.8. The van der Waals surface area contributed by atoms with Crippen molar-refractivity contribution in [1.82, 2.24) is 9.62 Å². The molecule has 0 saturated heterocycles. The maximum Gasteiger partial charge on any atom is 0.247 e. The predicted molar refractivity (Wildman–Crippen MR) is 122 cm³/mol. The molecule has 4 rings (SSSR count). The first-order valence-electron chi connectivity index (χ1n) is 10.2. The van der Waals surface area contributed by atoms with E-state index in [2.05, 4.69) is 29.0 Å². The van der Waals surface area contributed by atoms with E-state index < -0.39 is 10.0 Å². The van der Waals surface area contributed by atoms with E-state index in [0.717, 1.165) is 27.8 Å². The van der Waals surface area contributed by atoms with Crippen molar-refractivity contribution in [2.75, 3.05) is 6.54 Å². The number of carbonyl (C=O) groups excluding carboxylic acids is 1. The van der Waals surface area contributed by atoms with Crippen molar-refractivity contribution in [2.24, 2.45) is 0 Å². The first-order chi connectivity index (χ1) is 15.0. The highest BCUT2D eigenvalue weighted by molar-refractivity contribution is 7.89. The summed E-state index contributed by atoms with van der Waals surface area (Å²) < 4.78 is 26.6. The number of sulfonamides is 1. The van der Waals surface area contributed by atoms with Gasteiger partial charge in [0.05, 0.1) is 4.90 Å². The maximum atomic E-state index is 13.0. The number of nitrogens with zero attached hydrogens (tertiary/aromatic N) is 1. The van der Waals surface area contributed by atoms with Gasteiger partial charge in [0.1, 0.15) is 0 Å². The second kappa shape index (κ2) is 8.88. The lowest BCUT2D eigenvalue weighted by Gasteiger charge is -2.19. The molecule has 0 radical (unpaired) electrons. The predicted octanol–water partition coefficient (Wildman–Crippen LogP) is 4.21. The minimum Gasteiger partial charge on any atom is -0.330 e. The van der Waals surface area contributed by atoms with Crippen LogP contribution in [0, 0.1) is 0 Å². The highest BCUT2D eigenvalue weighted by Crippen LogP contribution is 2.32. The van der Waals surface area contributed by atoms with Gasteiger partial charge in [-0.2, -0.15) is 0 Å². The molecule has 1 N–H and O–H groups in total. The zero-order valence-corrected chi connectivity index (χ0v) is 18.1. The number of fused-ring (bicyclic) bond motifs is 3. The molecular weight excluding hydrogens is 408 g/mol. The van der Waals surface area contributed by atoms with Crippen LogP contribution in [0.5, 0.6) is 0 Å². The fourth-order valence-electron chi connectivity index (χ4n) is 3.77. The molecule has 1 aliphatic rings. The summed E-state index contributed by atoms with van der Waals surface area (Å²) in [6.07, 6.45) is 3.26. The summed E-state index contributed by atoms with van der Waals surface area (Å²) in [5, 5.41) is 0. The normalized spacial score (nSPS) is 13.5. The molecule has 158 valence electrons. The van der Waals surface area contributed by atoms with Gasteiger partial charge in [-0.05, 0) is 46.0 Å². The Balaban J connectivity index is 1.55. The molecule has 0 aromatic heterocycles. The number of rotatable bonds is 5. The van der Waals surface area contributed by atoms with Crippen LogP contribution in [0.2, 0.25) is 0 Å². The number of amides is 1. The number of hydrogen-bond acceptors (Lipinski definition) is 3. The minimum absolute atomic E-state index is 0.0872. The van der Waals surface area contributed by atoms with Crippen LogP contribution in [0.4, 0.5) is 0 Å².